The molecule has 16 heteroatoms. The Bertz CT molecular complexity index is 898. The third kappa shape index (κ3) is 19.5. The maximum atomic E-state index is 11.5. The van der Waals surface area contributed by atoms with Gasteiger partial charge in [0.1, 0.15) is 11.3 Å². The van der Waals surface area contributed by atoms with Gasteiger partial charge in [-0.25, -0.2) is 4.79 Å². The summed E-state index contributed by atoms with van der Waals surface area (Å²) in [6, 6.07) is 3.41. The molecule has 2 N–H and O–H groups in total. The van der Waals surface area contributed by atoms with Crippen molar-refractivity contribution in [3.63, 3.8) is 0 Å². The first-order chi connectivity index (χ1) is 19.6. The summed E-state index contributed by atoms with van der Waals surface area (Å²) in [7, 11) is 0. The fourth-order valence-electron chi connectivity index (χ4n) is 2.93. The van der Waals surface area contributed by atoms with Crippen molar-refractivity contribution in [2.24, 2.45) is 0 Å². The lowest BCUT2D eigenvalue weighted by Gasteiger charge is -2.19. The molecule has 0 saturated heterocycles. The summed E-state index contributed by atoms with van der Waals surface area (Å²) in [5, 5.41) is 27.3. The van der Waals surface area contributed by atoms with Crippen LogP contribution in [0.25, 0.3) is 0 Å². The number of benzene rings is 1. The lowest BCUT2D eigenvalue weighted by Crippen LogP contribution is -2.34. The average molecular weight is 591 g/mol. The van der Waals surface area contributed by atoms with E-state index in [2.05, 4.69) is 10.6 Å². The molecule has 0 aliphatic carbocycles. The SMILES string of the molecule is CC(C)(C)OC(=O)NCCOCCOCCOCCOCCOCCOCCNc1ccc([N+](=O)[O-])cc1[N+](=O)[O-]. The number of hydrogen-bond acceptors (Lipinski definition) is 13. The van der Waals surface area contributed by atoms with Crippen LogP contribution >= 0.6 is 0 Å². The van der Waals surface area contributed by atoms with Gasteiger partial charge in [0.15, 0.2) is 0 Å². The molecule has 0 aliphatic heterocycles. The summed E-state index contributed by atoms with van der Waals surface area (Å²) in [5.74, 6) is 0. The molecule has 1 aromatic rings. The van der Waals surface area contributed by atoms with Gasteiger partial charge in [-0.3, -0.25) is 20.2 Å². The lowest BCUT2D eigenvalue weighted by atomic mass is 10.2. The summed E-state index contributed by atoms with van der Waals surface area (Å²) < 4.78 is 37.5. The number of carbonyl (C=O) groups is 1. The van der Waals surface area contributed by atoms with Crippen molar-refractivity contribution in [2.45, 2.75) is 26.4 Å². The molecular weight excluding hydrogens is 548 g/mol. The van der Waals surface area contributed by atoms with Gasteiger partial charge in [-0.2, -0.15) is 0 Å². The minimum absolute atomic E-state index is 0.182. The second-order valence-electron chi connectivity index (χ2n) is 9.25. The third-order valence-electron chi connectivity index (χ3n) is 4.73. The molecule has 0 aromatic heterocycles. The number of carbonyl (C=O) groups excluding carboxylic acids is 1. The van der Waals surface area contributed by atoms with Crippen LogP contribution < -0.4 is 10.6 Å². The Morgan fingerprint density at radius 2 is 1.15 bits per heavy atom. The number of non-ortho nitro benzene ring substituents is 1. The molecule has 16 nitrogen and oxygen atoms in total. The van der Waals surface area contributed by atoms with E-state index in [0.29, 0.717) is 79.2 Å². The first-order valence-electron chi connectivity index (χ1n) is 13.2. The van der Waals surface area contributed by atoms with Crippen molar-refractivity contribution in [2.75, 3.05) is 97.7 Å². The van der Waals surface area contributed by atoms with Gasteiger partial charge in [-0.05, 0) is 26.8 Å². The van der Waals surface area contributed by atoms with Gasteiger partial charge in [0.25, 0.3) is 11.4 Å². The highest BCUT2D eigenvalue weighted by atomic mass is 16.6. The highest BCUT2D eigenvalue weighted by Crippen LogP contribution is 2.28. The van der Waals surface area contributed by atoms with Crippen molar-refractivity contribution in [1.82, 2.24) is 5.32 Å². The Labute approximate surface area is 239 Å². The number of rotatable bonds is 24. The number of nitro groups is 2. The molecule has 0 bridgehead atoms. The quantitative estimate of drug-likeness (QED) is 0.101. The molecule has 1 aromatic carbocycles. The molecule has 0 heterocycles. The summed E-state index contributed by atoms with van der Waals surface area (Å²) in [6.07, 6.45) is -0.472. The van der Waals surface area contributed by atoms with Gasteiger partial charge in [0.05, 0.1) is 95.2 Å². The minimum atomic E-state index is -0.685. The zero-order chi connectivity index (χ0) is 30.3. The number of nitrogens with one attached hydrogen (secondary N) is 2. The van der Waals surface area contributed by atoms with Gasteiger partial charge in [0.2, 0.25) is 0 Å². The van der Waals surface area contributed by atoms with Crippen LogP contribution in [0.2, 0.25) is 0 Å². The van der Waals surface area contributed by atoms with Crippen LogP contribution in [-0.4, -0.2) is 114 Å². The molecule has 41 heavy (non-hydrogen) atoms. The highest BCUT2D eigenvalue weighted by molar-refractivity contribution is 5.67. The van der Waals surface area contributed by atoms with Gasteiger partial charge < -0.3 is 43.8 Å². The third-order valence-corrected chi connectivity index (χ3v) is 4.73. The molecular formula is C25H42N4O12. The van der Waals surface area contributed by atoms with E-state index < -0.39 is 21.5 Å². The molecule has 0 fully saturated rings. The van der Waals surface area contributed by atoms with E-state index in [0.717, 1.165) is 6.07 Å². The predicted octanol–water partition coefficient (Wildman–Crippen LogP) is 2.54. The zero-order valence-electron chi connectivity index (χ0n) is 23.9. The molecule has 234 valence electrons. The zero-order valence-corrected chi connectivity index (χ0v) is 23.9. The topological polar surface area (TPSA) is 192 Å². The standard InChI is InChI=1S/C25H42N4O12/c1-25(2,3)41-24(30)27-7-9-36-11-13-38-15-17-40-19-18-39-16-14-37-12-10-35-8-6-26-22-5-4-21(28(31)32)20-23(22)29(33)34/h4-5,20,26H,6-19H2,1-3H3,(H,27,30). The average Bonchev–Trinajstić information content (AvgIpc) is 2.90. The van der Waals surface area contributed by atoms with E-state index in [-0.39, 0.29) is 30.2 Å². The number of hydrogen-bond donors (Lipinski definition) is 2. The van der Waals surface area contributed by atoms with Gasteiger partial charge in [-0.15, -0.1) is 0 Å². The van der Waals surface area contributed by atoms with Gasteiger partial charge >= 0.3 is 6.09 Å². The van der Waals surface area contributed by atoms with Crippen LogP contribution in [0.3, 0.4) is 0 Å². The Hall–Kier alpha value is -3.15. The Morgan fingerprint density at radius 3 is 1.56 bits per heavy atom. The van der Waals surface area contributed by atoms with E-state index in [9.17, 15) is 25.0 Å². The van der Waals surface area contributed by atoms with Crippen LogP contribution in [0.1, 0.15) is 20.8 Å². The van der Waals surface area contributed by atoms with Crippen molar-refractivity contribution >= 4 is 23.2 Å². The Balaban J connectivity index is 1.83. The number of alkyl carbamates (subject to hydrolysis) is 1. The first-order valence-corrected chi connectivity index (χ1v) is 13.2. The van der Waals surface area contributed by atoms with Crippen LogP contribution in [0.15, 0.2) is 18.2 Å². The number of amides is 1. The summed E-state index contributed by atoms with van der Waals surface area (Å²) >= 11 is 0. The maximum absolute atomic E-state index is 11.5. The largest absolute Gasteiger partial charge is 0.444 e. The van der Waals surface area contributed by atoms with E-state index in [1.165, 1.54) is 12.1 Å². The van der Waals surface area contributed by atoms with Crippen LogP contribution in [-0.2, 0) is 33.2 Å². The summed E-state index contributed by atoms with van der Waals surface area (Å²) in [6.45, 7) is 10.7. The van der Waals surface area contributed by atoms with Gasteiger partial charge in [-0.1, -0.05) is 0 Å². The molecule has 0 saturated carbocycles. The number of ether oxygens (including phenoxy) is 7. The second-order valence-corrected chi connectivity index (χ2v) is 9.25. The first kappa shape index (κ1) is 35.9. The van der Waals surface area contributed by atoms with Crippen LogP contribution in [0.5, 0.6) is 0 Å². The molecule has 0 atom stereocenters. The van der Waals surface area contributed by atoms with Crippen LogP contribution in [0, 0.1) is 20.2 Å². The van der Waals surface area contributed by atoms with E-state index >= 15 is 0 Å². The van der Waals surface area contributed by atoms with E-state index in [4.69, 9.17) is 33.2 Å². The molecule has 1 rings (SSSR count). The number of nitro benzene ring substituents is 2. The summed E-state index contributed by atoms with van der Waals surface area (Å²) in [4.78, 5) is 32.0. The molecule has 0 spiro atoms. The lowest BCUT2D eigenvalue weighted by molar-refractivity contribution is -0.393. The van der Waals surface area contributed by atoms with Gasteiger partial charge in [0, 0.05) is 19.2 Å². The normalized spacial score (nSPS) is 11.3. The number of nitrogens with zero attached hydrogens (tertiary/aromatic N) is 2. The summed E-state index contributed by atoms with van der Waals surface area (Å²) in [5.41, 5.74) is -1.06. The highest BCUT2D eigenvalue weighted by Gasteiger charge is 2.19. The van der Waals surface area contributed by atoms with Crippen molar-refractivity contribution in [3.05, 3.63) is 38.4 Å². The van der Waals surface area contributed by atoms with Crippen LogP contribution in [0.4, 0.5) is 21.9 Å². The monoisotopic (exact) mass is 590 g/mol. The fourth-order valence-corrected chi connectivity index (χ4v) is 2.93. The molecule has 0 aliphatic rings. The van der Waals surface area contributed by atoms with Crippen molar-refractivity contribution in [1.29, 1.82) is 0 Å². The van der Waals surface area contributed by atoms with Crippen molar-refractivity contribution < 1.29 is 47.8 Å². The molecule has 0 radical (unpaired) electrons. The minimum Gasteiger partial charge on any atom is -0.444 e. The maximum Gasteiger partial charge on any atom is 0.407 e. The molecule has 0 unspecified atom stereocenters. The Kier molecular flexibility index (Phi) is 18.9. The fraction of sp³-hybridized carbons (Fsp3) is 0.720. The smallest absolute Gasteiger partial charge is 0.407 e. The number of anilines is 1. The second kappa shape index (κ2) is 21.6. The Morgan fingerprint density at radius 1 is 0.707 bits per heavy atom. The predicted molar refractivity (Wildman–Crippen MR) is 147 cm³/mol. The van der Waals surface area contributed by atoms with E-state index in [1.54, 1.807) is 20.8 Å². The van der Waals surface area contributed by atoms with Crippen molar-refractivity contribution in [3.8, 4) is 0 Å². The van der Waals surface area contributed by atoms with E-state index in [1.807, 2.05) is 0 Å². The molecule has 1 amide bonds.